The minimum atomic E-state index is -1.30. The van der Waals surface area contributed by atoms with Gasteiger partial charge in [-0.25, -0.2) is 4.79 Å². The lowest BCUT2D eigenvalue weighted by Gasteiger charge is -2.00. The molecule has 0 amide bonds. The molecular weight excluding hydrogens is 282 g/mol. The van der Waals surface area contributed by atoms with Crippen molar-refractivity contribution in [2.75, 3.05) is 0 Å². The number of hydrogen-bond donors (Lipinski definition) is 1. The molecule has 2 aromatic carbocycles. The highest BCUT2D eigenvalue weighted by Gasteiger charge is 2.19. The van der Waals surface area contributed by atoms with Crippen LogP contribution in [0, 0.1) is 10.1 Å². The number of nitro benzene ring substituents is 1. The minimum absolute atomic E-state index is 0.300. The van der Waals surface area contributed by atoms with E-state index in [0.717, 1.165) is 12.8 Å². The van der Waals surface area contributed by atoms with Gasteiger partial charge in [-0.05, 0) is 30.0 Å². The lowest BCUT2D eigenvalue weighted by atomic mass is 10.1. The quantitative estimate of drug-likeness (QED) is 0.647. The lowest BCUT2D eigenvalue weighted by molar-refractivity contribution is -0.385. The Labute approximate surface area is 127 Å². The average Bonchev–Trinajstić information content (AvgIpc) is 2.52. The zero-order valence-corrected chi connectivity index (χ0v) is 11.8. The molecule has 2 aromatic rings. The topological polar surface area (TPSA) is 80.4 Å². The Bertz CT molecular complexity index is 708. The summed E-state index contributed by atoms with van der Waals surface area (Å²) in [6.07, 6.45) is 5.37. The fraction of sp³-hybridized carbons (Fsp3) is 0.118. The largest absolute Gasteiger partial charge is 0.477 e. The van der Waals surface area contributed by atoms with Crippen molar-refractivity contribution in [3.05, 3.63) is 81.4 Å². The van der Waals surface area contributed by atoms with Gasteiger partial charge < -0.3 is 5.11 Å². The molecule has 0 aliphatic heterocycles. The first-order chi connectivity index (χ1) is 10.6. The Balaban J connectivity index is 2.06. The highest BCUT2D eigenvalue weighted by molar-refractivity contribution is 5.92. The van der Waals surface area contributed by atoms with E-state index in [1.807, 2.05) is 36.4 Å². The predicted octanol–water partition coefficient (Wildman–Crippen LogP) is 3.94. The summed E-state index contributed by atoms with van der Waals surface area (Å²) in [6.45, 7) is 0. The molecule has 0 saturated carbocycles. The van der Waals surface area contributed by atoms with Gasteiger partial charge in [-0.15, -0.1) is 0 Å². The van der Waals surface area contributed by atoms with Crippen LogP contribution in [0.3, 0.4) is 0 Å². The van der Waals surface area contributed by atoms with Gasteiger partial charge in [-0.1, -0.05) is 48.6 Å². The van der Waals surface area contributed by atoms with Gasteiger partial charge in [0, 0.05) is 6.07 Å². The summed E-state index contributed by atoms with van der Waals surface area (Å²) in [5, 5.41) is 19.8. The second kappa shape index (κ2) is 7.17. The molecule has 5 nitrogen and oxygen atoms in total. The van der Waals surface area contributed by atoms with Crippen LogP contribution in [-0.4, -0.2) is 16.0 Å². The van der Waals surface area contributed by atoms with E-state index in [9.17, 15) is 14.9 Å². The van der Waals surface area contributed by atoms with Gasteiger partial charge in [-0.3, -0.25) is 10.1 Å². The van der Waals surface area contributed by atoms with Crippen molar-refractivity contribution in [3.63, 3.8) is 0 Å². The summed E-state index contributed by atoms with van der Waals surface area (Å²) >= 11 is 0. The SMILES string of the molecule is O=C(O)c1ccc(/C=C/CCc2ccccc2)cc1[N+](=O)[O-]. The van der Waals surface area contributed by atoms with Crippen LogP contribution in [0.1, 0.15) is 27.9 Å². The molecule has 0 radical (unpaired) electrons. The third-order valence-electron chi connectivity index (χ3n) is 3.20. The third kappa shape index (κ3) is 4.02. The Kier molecular flexibility index (Phi) is 5.03. The van der Waals surface area contributed by atoms with Crippen molar-refractivity contribution in [2.24, 2.45) is 0 Å². The van der Waals surface area contributed by atoms with E-state index in [2.05, 4.69) is 0 Å². The number of carboxylic acids is 1. The zero-order valence-electron chi connectivity index (χ0n) is 11.8. The maximum atomic E-state index is 10.9. The molecular formula is C17H15NO4. The molecule has 0 fully saturated rings. The van der Waals surface area contributed by atoms with Crippen molar-refractivity contribution in [3.8, 4) is 0 Å². The number of benzene rings is 2. The standard InChI is InChI=1S/C17H15NO4/c19-17(20)15-11-10-14(12-16(15)18(21)22)9-5-4-8-13-6-2-1-3-7-13/h1-3,5-7,9-12H,4,8H2,(H,19,20)/b9-5+. The summed E-state index contributed by atoms with van der Waals surface area (Å²) in [6, 6.07) is 14.1. The fourth-order valence-electron chi connectivity index (χ4n) is 2.10. The van der Waals surface area contributed by atoms with Crippen LogP contribution in [0.4, 0.5) is 5.69 Å². The molecule has 0 saturated heterocycles. The van der Waals surface area contributed by atoms with Gasteiger partial charge in [0.2, 0.25) is 0 Å². The summed E-state index contributed by atoms with van der Waals surface area (Å²) in [7, 11) is 0. The maximum absolute atomic E-state index is 10.9. The molecule has 0 heterocycles. The third-order valence-corrected chi connectivity index (χ3v) is 3.20. The van der Waals surface area contributed by atoms with Crippen molar-refractivity contribution >= 4 is 17.7 Å². The normalized spacial score (nSPS) is 10.7. The molecule has 2 rings (SSSR count). The summed E-state index contributed by atoms with van der Waals surface area (Å²) < 4.78 is 0. The minimum Gasteiger partial charge on any atom is -0.477 e. The smallest absolute Gasteiger partial charge is 0.342 e. The molecule has 0 atom stereocenters. The van der Waals surface area contributed by atoms with Gasteiger partial charge in [0.05, 0.1) is 4.92 Å². The van der Waals surface area contributed by atoms with Crippen molar-refractivity contribution in [2.45, 2.75) is 12.8 Å². The van der Waals surface area contributed by atoms with Gasteiger partial charge in [0.1, 0.15) is 5.56 Å². The number of carbonyl (C=O) groups is 1. The summed E-state index contributed by atoms with van der Waals surface area (Å²) in [5.74, 6) is -1.30. The number of hydrogen-bond acceptors (Lipinski definition) is 3. The van der Waals surface area contributed by atoms with E-state index in [1.54, 1.807) is 12.1 Å². The van der Waals surface area contributed by atoms with Crippen LogP contribution < -0.4 is 0 Å². The van der Waals surface area contributed by atoms with Crippen molar-refractivity contribution < 1.29 is 14.8 Å². The van der Waals surface area contributed by atoms with E-state index in [-0.39, 0.29) is 5.56 Å². The predicted molar refractivity (Wildman–Crippen MR) is 83.9 cm³/mol. The molecule has 1 N–H and O–H groups in total. The first kappa shape index (κ1) is 15.4. The Morgan fingerprint density at radius 3 is 2.55 bits per heavy atom. The number of rotatable bonds is 6. The van der Waals surface area contributed by atoms with E-state index in [1.165, 1.54) is 17.7 Å². The summed E-state index contributed by atoms with van der Waals surface area (Å²) in [4.78, 5) is 21.2. The van der Waals surface area contributed by atoms with Crippen LogP contribution in [-0.2, 0) is 6.42 Å². The number of aromatic carboxylic acids is 1. The van der Waals surface area contributed by atoms with E-state index in [0.29, 0.717) is 5.56 Å². The Hall–Kier alpha value is -2.95. The first-order valence-electron chi connectivity index (χ1n) is 6.80. The number of allylic oxidation sites excluding steroid dienone is 1. The van der Waals surface area contributed by atoms with E-state index >= 15 is 0 Å². The lowest BCUT2D eigenvalue weighted by Crippen LogP contribution is -2.02. The number of nitrogens with zero attached hydrogens (tertiary/aromatic N) is 1. The van der Waals surface area contributed by atoms with Crippen molar-refractivity contribution in [1.29, 1.82) is 0 Å². The molecule has 5 heteroatoms. The first-order valence-corrected chi connectivity index (χ1v) is 6.80. The number of aryl methyl sites for hydroxylation is 1. The van der Waals surface area contributed by atoms with Crippen LogP contribution in [0.2, 0.25) is 0 Å². The Morgan fingerprint density at radius 2 is 1.91 bits per heavy atom. The monoisotopic (exact) mass is 297 g/mol. The number of carboxylic acid groups (broad SMARTS) is 1. The Morgan fingerprint density at radius 1 is 1.18 bits per heavy atom. The highest BCUT2D eigenvalue weighted by atomic mass is 16.6. The maximum Gasteiger partial charge on any atom is 0.342 e. The van der Waals surface area contributed by atoms with Gasteiger partial charge >= 0.3 is 5.97 Å². The average molecular weight is 297 g/mol. The fourth-order valence-corrected chi connectivity index (χ4v) is 2.10. The van der Waals surface area contributed by atoms with Crippen LogP contribution >= 0.6 is 0 Å². The zero-order chi connectivity index (χ0) is 15.9. The number of nitro groups is 1. The molecule has 0 aliphatic rings. The molecule has 22 heavy (non-hydrogen) atoms. The van der Waals surface area contributed by atoms with Crippen LogP contribution in [0.5, 0.6) is 0 Å². The van der Waals surface area contributed by atoms with Crippen LogP contribution in [0.15, 0.2) is 54.6 Å². The molecule has 0 aromatic heterocycles. The molecule has 0 spiro atoms. The molecule has 0 aliphatic carbocycles. The van der Waals surface area contributed by atoms with E-state index in [4.69, 9.17) is 5.11 Å². The molecule has 0 bridgehead atoms. The highest BCUT2D eigenvalue weighted by Crippen LogP contribution is 2.21. The second-order valence-electron chi connectivity index (χ2n) is 4.77. The summed E-state index contributed by atoms with van der Waals surface area (Å²) in [5.41, 5.74) is 1.15. The molecule has 0 unspecified atom stereocenters. The van der Waals surface area contributed by atoms with Gasteiger partial charge in [0.15, 0.2) is 0 Å². The molecule has 112 valence electrons. The van der Waals surface area contributed by atoms with Gasteiger partial charge in [0.25, 0.3) is 5.69 Å². The van der Waals surface area contributed by atoms with E-state index < -0.39 is 16.6 Å². The van der Waals surface area contributed by atoms with Gasteiger partial charge in [-0.2, -0.15) is 0 Å². The second-order valence-corrected chi connectivity index (χ2v) is 4.77. The van der Waals surface area contributed by atoms with Crippen molar-refractivity contribution in [1.82, 2.24) is 0 Å². The van der Waals surface area contributed by atoms with Crippen LogP contribution in [0.25, 0.3) is 6.08 Å².